The van der Waals surface area contributed by atoms with Crippen LogP contribution in [-0.4, -0.2) is 36.7 Å². The molecule has 1 rings (SSSR count). The Morgan fingerprint density at radius 1 is 0.833 bits per heavy atom. The van der Waals surface area contributed by atoms with Crippen LogP contribution in [0.1, 0.15) is 117 Å². The molecule has 0 spiro atoms. The molecule has 6 nitrogen and oxygen atoms in total. The van der Waals surface area contributed by atoms with E-state index in [9.17, 15) is 14.4 Å². The lowest BCUT2D eigenvalue weighted by atomic mass is 10.0. The normalized spacial score (nSPS) is 18.3. The second kappa shape index (κ2) is 16.1. The van der Waals surface area contributed by atoms with Gasteiger partial charge in [-0.2, -0.15) is 0 Å². The van der Waals surface area contributed by atoms with Gasteiger partial charge in [0.2, 0.25) is 0 Å². The molecule has 0 aromatic carbocycles. The van der Waals surface area contributed by atoms with E-state index < -0.39 is 11.6 Å². The van der Waals surface area contributed by atoms with E-state index in [0.717, 1.165) is 19.3 Å². The van der Waals surface area contributed by atoms with Gasteiger partial charge in [-0.25, -0.2) is 0 Å². The van der Waals surface area contributed by atoms with Crippen molar-refractivity contribution in [3.63, 3.8) is 0 Å². The Kier molecular flexibility index (Phi) is 14.2. The number of rotatable bonds is 18. The van der Waals surface area contributed by atoms with Crippen molar-refractivity contribution in [2.75, 3.05) is 13.2 Å². The summed E-state index contributed by atoms with van der Waals surface area (Å²) < 4.78 is 15.6. The predicted molar refractivity (Wildman–Crippen MR) is 116 cm³/mol. The minimum Gasteiger partial charge on any atom is -0.461 e. The number of ether oxygens (including phenoxy) is 3. The molecule has 1 unspecified atom stereocenters. The number of carbonyl (C=O) groups is 3. The zero-order chi connectivity index (χ0) is 22.1. The average molecular weight is 427 g/mol. The molecular weight excluding hydrogens is 384 g/mol. The molecule has 6 heteroatoms. The highest BCUT2D eigenvalue weighted by molar-refractivity contribution is 5.73. The summed E-state index contributed by atoms with van der Waals surface area (Å²) >= 11 is 0. The largest absolute Gasteiger partial charge is 0.461 e. The monoisotopic (exact) mass is 426 g/mol. The van der Waals surface area contributed by atoms with E-state index >= 15 is 0 Å². The lowest BCUT2D eigenvalue weighted by Gasteiger charge is -2.26. The van der Waals surface area contributed by atoms with Crippen molar-refractivity contribution < 1.29 is 28.6 Å². The lowest BCUT2D eigenvalue weighted by molar-refractivity contribution is -0.173. The third-order valence-corrected chi connectivity index (χ3v) is 5.63. The van der Waals surface area contributed by atoms with Crippen LogP contribution in [0.5, 0.6) is 0 Å². The van der Waals surface area contributed by atoms with E-state index in [4.69, 9.17) is 14.2 Å². The second-order valence-corrected chi connectivity index (χ2v) is 8.59. The Morgan fingerprint density at radius 2 is 1.33 bits per heavy atom. The highest BCUT2D eigenvalue weighted by Gasteiger charge is 2.43. The smallest absolute Gasteiger partial charge is 0.306 e. The topological polar surface area (TPSA) is 78.9 Å². The van der Waals surface area contributed by atoms with Gasteiger partial charge in [-0.1, -0.05) is 84.0 Å². The Morgan fingerprint density at radius 3 is 1.80 bits per heavy atom. The van der Waals surface area contributed by atoms with Crippen molar-refractivity contribution in [3.05, 3.63) is 0 Å². The molecule has 1 heterocycles. The molecule has 1 atom stereocenters. The molecule has 1 saturated heterocycles. The Bertz CT molecular complexity index is 504. The Labute approximate surface area is 182 Å². The van der Waals surface area contributed by atoms with Gasteiger partial charge in [-0.15, -0.1) is 0 Å². The molecule has 1 fully saturated rings. The number of cyclic esters (lactones) is 1. The molecule has 0 aromatic heterocycles. The maximum atomic E-state index is 12.0. The van der Waals surface area contributed by atoms with Crippen molar-refractivity contribution >= 4 is 17.9 Å². The molecule has 0 aliphatic carbocycles. The second-order valence-electron chi connectivity index (χ2n) is 8.59. The standard InChI is InChI=1S/C24H42O6/c1-3-4-5-6-7-8-9-10-11-12-13-14-15-16-22(26)29-20-24(19-28-21(2)25)18-17-23(27)30-24/h3-20H2,1-2H3. The van der Waals surface area contributed by atoms with Crippen LogP contribution >= 0.6 is 0 Å². The summed E-state index contributed by atoms with van der Waals surface area (Å²) in [7, 11) is 0. The number of unbranched alkanes of at least 4 members (excludes halogenated alkanes) is 12. The SMILES string of the molecule is CCCCCCCCCCCCCCCC(=O)OCC1(COC(C)=O)CCC(=O)O1. The molecule has 174 valence electrons. The summed E-state index contributed by atoms with van der Waals surface area (Å²) in [5, 5.41) is 0. The molecule has 0 amide bonds. The van der Waals surface area contributed by atoms with Gasteiger partial charge in [0.1, 0.15) is 13.2 Å². The Hall–Kier alpha value is -1.59. The van der Waals surface area contributed by atoms with Crippen molar-refractivity contribution in [1.29, 1.82) is 0 Å². The molecule has 0 saturated carbocycles. The number of esters is 3. The molecule has 0 bridgehead atoms. The predicted octanol–water partition coefficient (Wildman–Crippen LogP) is 5.65. The maximum absolute atomic E-state index is 12.0. The average Bonchev–Trinajstić information content (AvgIpc) is 3.09. The summed E-state index contributed by atoms with van der Waals surface area (Å²) in [5.74, 6) is -1.09. The maximum Gasteiger partial charge on any atom is 0.306 e. The third-order valence-electron chi connectivity index (χ3n) is 5.63. The van der Waals surface area contributed by atoms with Crippen LogP contribution in [0.25, 0.3) is 0 Å². The van der Waals surface area contributed by atoms with Crippen molar-refractivity contribution in [2.45, 2.75) is 122 Å². The Balaban J connectivity index is 2.00. The van der Waals surface area contributed by atoms with E-state index in [2.05, 4.69) is 6.92 Å². The van der Waals surface area contributed by atoms with Crippen LogP contribution in [0.15, 0.2) is 0 Å². The van der Waals surface area contributed by atoms with E-state index in [1.54, 1.807) is 0 Å². The van der Waals surface area contributed by atoms with E-state index in [0.29, 0.717) is 12.8 Å². The van der Waals surface area contributed by atoms with Gasteiger partial charge in [0, 0.05) is 26.2 Å². The van der Waals surface area contributed by atoms with Gasteiger partial charge in [0.15, 0.2) is 5.60 Å². The molecule has 0 aromatic rings. The summed E-state index contributed by atoms with van der Waals surface area (Å²) in [6.45, 7) is 3.43. The van der Waals surface area contributed by atoms with Gasteiger partial charge < -0.3 is 14.2 Å². The fourth-order valence-electron chi connectivity index (χ4n) is 3.72. The van der Waals surface area contributed by atoms with Crippen molar-refractivity contribution in [3.8, 4) is 0 Å². The molecule has 0 N–H and O–H groups in total. The summed E-state index contributed by atoms with van der Waals surface area (Å²) in [4.78, 5) is 34.5. The van der Waals surface area contributed by atoms with Crippen LogP contribution in [0, 0.1) is 0 Å². The first-order valence-corrected chi connectivity index (χ1v) is 12.0. The molecule has 30 heavy (non-hydrogen) atoms. The van der Waals surface area contributed by atoms with Gasteiger partial charge in [-0.3, -0.25) is 14.4 Å². The summed E-state index contributed by atoms with van der Waals surface area (Å²) in [6.07, 6.45) is 17.4. The van der Waals surface area contributed by atoms with Crippen molar-refractivity contribution in [2.24, 2.45) is 0 Å². The quantitative estimate of drug-likeness (QED) is 0.160. The first-order chi connectivity index (χ1) is 14.5. The minimum absolute atomic E-state index is 0.0523. The first-order valence-electron chi connectivity index (χ1n) is 12.0. The zero-order valence-corrected chi connectivity index (χ0v) is 19.2. The van der Waals surface area contributed by atoms with E-state index in [1.807, 2.05) is 0 Å². The molecule has 1 aliphatic heterocycles. The summed E-state index contributed by atoms with van der Waals surface area (Å²) in [5.41, 5.74) is -1.02. The van der Waals surface area contributed by atoms with E-state index in [-0.39, 0.29) is 31.6 Å². The highest BCUT2D eigenvalue weighted by Crippen LogP contribution is 2.28. The van der Waals surface area contributed by atoms with E-state index in [1.165, 1.54) is 71.1 Å². The molecular formula is C24H42O6. The van der Waals surface area contributed by atoms with Crippen LogP contribution < -0.4 is 0 Å². The van der Waals surface area contributed by atoms with Gasteiger partial charge >= 0.3 is 17.9 Å². The van der Waals surface area contributed by atoms with Crippen LogP contribution in [0.4, 0.5) is 0 Å². The molecule has 1 aliphatic rings. The minimum atomic E-state index is -1.02. The number of carbonyl (C=O) groups excluding carboxylic acids is 3. The fraction of sp³-hybridized carbons (Fsp3) is 0.875. The highest BCUT2D eigenvalue weighted by atomic mass is 16.6. The van der Waals surface area contributed by atoms with Gasteiger partial charge in [0.05, 0.1) is 0 Å². The number of hydrogen-bond acceptors (Lipinski definition) is 6. The lowest BCUT2D eigenvalue weighted by Crippen LogP contribution is -2.41. The number of hydrogen-bond donors (Lipinski definition) is 0. The zero-order valence-electron chi connectivity index (χ0n) is 19.2. The van der Waals surface area contributed by atoms with Crippen LogP contribution in [-0.2, 0) is 28.6 Å². The molecule has 0 radical (unpaired) electrons. The third kappa shape index (κ3) is 12.9. The van der Waals surface area contributed by atoms with Gasteiger partial charge in [0.25, 0.3) is 0 Å². The van der Waals surface area contributed by atoms with Crippen molar-refractivity contribution in [1.82, 2.24) is 0 Å². The fourth-order valence-corrected chi connectivity index (χ4v) is 3.72. The van der Waals surface area contributed by atoms with Crippen LogP contribution in [0.2, 0.25) is 0 Å². The summed E-state index contributed by atoms with van der Waals surface area (Å²) in [6, 6.07) is 0. The van der Waals surface area contributed by atoms with Gasteiger partial charge in [-0.05, 0) is 6.42 Å². The first kappa shape index (κ1) is 26.4. The van der Waals surface area contributed by atoms with Crippen LogP contribution in [0.3, 0.4) is 0 Å².